The van der Waals surface area contributed by atoms with E-state index in [0.29, 0.717) is 6.42 Å². The molecule has 1 saturated carbocycles. The van der Waals surface area contributed by atoms with Gasteiger partial charge in [-0.05, 0) is 51.4 Å². The van der Waals surface area contributed by atoms with Crippen molar-refractivity contribution in [2.24, 2.45) is 5.41 Å². The van der Waals surface area contributed by atoms with E-state index in [1.807, 2.05) is 0 Å². The zero-order chi connectivity index (χ0) is 12.0. The van der Waals surface area contributed by atoms with Gasteiger partial charge in [-0.2, -0.15) is 0 Å². The Bertz CT molecular complexity index is 373. The third kappa shape index (κ3) is 1.40. The van der Waals surface area contributed by atoms with Crippen molar-refractivity contribution in [2.75, 3.05) is 0 Å². The molecule has 0 aromatic heterocycles. The Morgan fingerprint density at radius 1 is 0.706 bits per heavy atom. The van der Waals surface area contributed by atoms with E-state index in [-0.39, 0.29) is 5.41 Å². The van der Waals surface area contributed by atoms with E-state index in [2.05, 4.69) is 24.3 Å². The van der Waals surface area contributed by atoms with E-state index in [4.69, 9.17) is 0 Å². The van der Waals surface area contributed by atoms with Crippen LogP contribution >= 0.6 is 0 Å². The van der Waals surface area contributed by atoms with Crippen LogP contribution in [0.25, 0.3) is 0 Å². The Morgan fingerprint density at radius 3 is 2.00 bits per heavy atom. The molecule has 3 atom stereocenters. The first-order valence-electron chi connectivity index (χ1n) is 6.87. The van der Waals surface area contributed by atoms with Gasteiger partial charge in [-0.3, -0.25) is 0 Å². The fourth-order valence-electron chi connectivity index (χ4n) is 4.35. The summed E-state index contributed by atoms with van der Waals surface area (Å²) in [6.45, 7) is 0. The maximum Gasteiger partial charge on any atom is 0.0769 e. The summed E-state index contributed by atoms with van der Waals surface area (Å²) in [5.41, 5.74) is -1.65. The number of hydrogen-bond acceptors (Lipinski definition) is 2. The van der Waals surface area contributed by atoms with Crippen molar-refractivity contribution in [2.45, 2.75) is 62.6 Å². The van der Waals surface area contributed by atoms with Crippen LogP contribution in [0.2, 0.25) is 0 Å². The highest BCUT2D eigenvalue weighted by Crippen LogP contribution is 2.62. The molecule has 0 heterocycles. The smallest absolute Gasteiger partial charge is 0.0769 e. The van der Waals surface area contributed by atoms with E-state index >= 15 is 0 Å². The fraction of sp³-hybridized carbons (Fsp3) is 0.733. The van der Waals surface area contributed by atoms with Crippen molar-refractivity contribution >= 4 is 0 Å². The summed E-state index contributed by atoms with van der Waals surface area (Å²) in [6.07, 6.45) is 15.4. The Kier molecular flexibility index (Phi) is 2.50. The van der Waals surface area contributed by atoms with Gasteiger partial charge in [0.2, 0.25) is 0 Å². The van der Waals surface area contributed by atoms with Crippen LogP contribution < -0.4 is 0 Å². The summed E-state index contributed by atoms with van der Waals surface area (Å²) in [4.78, 5) is 0. The van der Waals surface area contributed by atoms with E-state index in [9.17, 15) is 10.2 Å². The first-order chi connectivity index (χ1) is 8.12. The summed E-state index contributed by atoms with van der Waals surface area (Å²) in [7, 11) is 0. The van der Waals surface area contributed by atoms with Gasteiger partial charge in [0.05, 0.1) is 11.2 Å². The lowest BCUT2D eigenvalue weighted by atomic mass is 9.58. The molecule has 3 aliphatic rings. The maximum atomic E-state index is 11.0. The Morgan fingerprint density at radius 2 is 1.29 bits per heavy atom. The van der Waals surface area contributed by atoms with Crippen LogP contribution in [0, 0.1) is 5.41 Å². The van der Waals surface area contributed by atoms with Crippen LogP contribution in [0.1, 0.15) is 51.4 Å². The largest absolute Gasteiger partial charge is 0.389 e. The molecule has 0 saturated heterocycles. The maximum absolute atomic E-state index is 11.0. The molecule has 17 heavy (non-hydrogen) atoms. The Balaban J connectivity index is 2.07. The standard InChI is InChI=1S/C15H22O2/c16-14-9-4-2-1-3-7-13(14)8-5-6-10-15(13,17)12-11-14/h2,4-6,16-17H,1,3,7-12H2/b4-2-/t13-,14-,15+/m0/s1. The van der Waals surface area contributed by atoms with Gasteiger partial charge >= 0.3 is 0 Å². The average molecular weight is 234 g/mol. The lowest BCUT2D eigenvalue weighted by Crippen LogP contribution is -2.56. The SMILES string of the molecule is O[C@@]12CC=CC[C@]13CCC/C=C\C[C@]3(O)CC2. The van der Waals surface area contributed by atoms with Crippen molar-refractivity contribution < 1.29 is 10.2 Å². The summed E-state index contributed by atoms with van der Waals surface area (Å²) in [6, 6.07) is 0. The molecular formula is C15H22O2. The monoisotopic (exact) mass is 234 g/mol. The van der Waals surface area contributed by atoms with Crippen molar-refractivity contribution in [3.05, 3.63) is 24.3 Å². The lowest BCUT2D eigenvalue weighted by Gasteiger charge is -2.51. The van der Waals surface area contributed by atoms with Gasteiger partial charge in [0.1, 0.15) is 0 Å². The van der Waals surface area contributed by atoms with Gasteiger partial charge in [-0.1, -0.05) is 24.3 Å². The molecule has 0 unspecified atom stereocenters. The molecule has 1 fully saturated rings. The van der Waals surface area contributed by atoms with Crippen LogP contribution in [0.3, 0.4) is 0 Å². The van der Waals surface area contributed by atoms with Crippen LogP contribution in [-0.4, -0.2) is 21.4 Å². The van der Waals surface area contributed by atoms with Crippen LogP contribution in [0.5, 0.6) is 0 Å². The predicted octanol–water partition coefficient (Wildman–Crippen LogP) is 2.71. The van der Waals surface area contributed by atoms with E-state index < -0.39 is 11.2 Å². The number of aliphatic hydroxyl groups is 2. The zero-order valence-corrected chi connectivity index (χ0v) is 10.4. The van der Waals surface area contributed by atoms with E-state index in [1.54, 1.807) is 0 Å². The normalized spacial score (nSPS) is 51.2. The van der Waals surface area contributed by atoms with Crippen LogP contribution in [-0.2, 0) is 0 Å². The minimum atomic E-state index is -0.691. The molecule has 3 rings (SSSR count). The van der Waals surface area contributed by atoms with Crippen molar-refractivity contribution in [1.29, 1.82) is 0 Å². The summed E-state index contributed by atoms with van der Waals surface area (Å²) in [5.74, 6) is 0. The number of rotatable bonds is 0. The second-order valence-corrected chi connectivity index (χ2v) is 6.09. The third-order valence-electron chi connectivity index (χ3n) is 5.42. The molecule has 0 aliphatic heterocycles. The molecule has 0 radical (unpaired) electrons. The zero-order valence-electron chi connectivity index (χ0n) is 10.4. The van der Waals surface area contributed by atoms with Crippen molar-refractivity contribution in [3.8, 4) is 0 Å². The molecule has 0 aromatic carbocycles. The van der Waals surface area contributed by atoms with E-state index in [1.165, 1.54) is 0 Å². The quantitative estimate of drug-likeness (QED) is 0.633. The third-order valence-corrected chi connectivity index (χ3v) is 5.42. The second kappa shape index (κ2) is 3.69. The van der Waals surface area contributed by atoms with Gasteiger partial charge in [0.15, 0.2) is 0 Å². The molecule has 0 amide bonds. The van der Waals surface area contributed by atoms with Gasteiger partial charge in [0, 0.05) is 5.41 Å². The molecule has 2 N–H and O–H groups in total. The molecule has 1 spiro atoms. The molecule has 0 aromatic rings. The number of hydrogen-bond donors (Lipinski definition) is 2. The van der Waals surface area contributed by atoms with Gasteiger partial charge in [-0.25, -0.2) is 0 Å². The molecule has 94 valence electrons. The topological polar surface area (TPSA) is 40.5 Å². The van der Waals surface area contributed by atoms with Gasteiger partial charge < -0.3 is 10.2 Å². The summed E-state index contributed by atoms with van der Waals surface area (Å²) >= 11 is 0. The van der Waals surface area contributed by atoms with Gasteiger partial charge in [0.25, 0.3) is 0 Å². The van der Waals surface area contributed by atoms with E-state index in [0.717, 1.165) is 44.9 Å². The van der Waals surface area contributed by atoms with Crippen LogP contribution in [0.15, 0.2) is 24.3 Å². The fourth-order valence-corrected chi connectivity index (χ4v) is 4.35. The minimum absolute atomic E-state index is 0.292. The minimum Gasteiger partial charge on any atom is -0.389 e. The first kappa shape index (κ1) is 11.5. The van der Waals surface area contributed by atoms with Crippen molar-refractivity contribution in [3.63, 3.8) is 0 Å². The molecule has 2 nitrogen and oxygen atoms in total. The van der Waals surface area contributed by atoms with Crippen LogP contribution in [0.4, 0.5) is 0 Å². The Hall–Kier alpha value is -0.600. The first-order valence-corrected chi connectivity index (χ1v) is 6.87. The highest BCUT2D eigenvalue weighted by Gasteiger charge is 2.65. The van der Waals surface area contributed by atoms with Gasteiger partial charge in [-0.15, -0.1) is 0 Å². The second-order valence-electron chi connectivity index (χ2n) is 6.09. The number of allylic oxidation sites excluding steroid dienone is 2. The highest BCUT2D eigenvalue weighted by molar-refractivity contribution is 5.24. The van der Waals surface area contributed by atoms with Crippen molar-refractivity contribution in [1.82, 2.24) is 0 Å². The molecular weight excluding hydrogens is 212 g/mol. The predicted molar refractivity (Wildman–Crippen MR) is 67.5 cm³/mol. The molecule has 3 aliphatic carbocycles. The average Bonchev–Trinajstić information content (AvgIpc) is 2.51. The molecule has 2 heteroatoms. The summed E-state index contributed by atoms with van der Waals surface area (Å²) in [5, 5.41) is 22.0. The Labute approximate surface area is 103 Å². The lowest BCUT2D eigenvalue weighted by molar-refractivity contribution is -0.157. The molecule has 0 bridgehead atoms. The summed E-state index contributed by atoms with van der Waals surface area (Å²) < 4.78 is 0. The highest BCUT2D eigenvalue weighted by atomic mass is 16.3.